The maximum atomic E-state index is 13.2. The quantitative estimate of drug-likeness (QED) is 0.695. The lowest BCUT2D eigenvalue weighted by atomic mass is 10.1. The molecule has 0 amide bonds. The van der Waals surface area contributed by atoms with Crippen LogP contribution in [0.3, 0.4) is 0 Å². The van der Waals surface area contributed by atoms with Gasteiger partial charge in [0.1, 0.15) is 5.52 Å². The van der Waals surface area contributed by atoms with E-state index in [4.69, 9.17) is 5.10 Å². The zero-order chi connectivity index (χ0) is 18.4. The van der Waals surface area contributed by atoms with Crippen molar-refractivity contribution in [2.45, 2.75) is 59.4 Å². The van der Waals surface area contributed by atoms with E-state index in [1.54, 1.807) is 4.68 Å². The van der Waals surface area contributed by atoms with E-state index >= 15 is 0 Å². The Bertz CT molecular complexity index is 1020. The van der Waals surface area contributed by atoms with Crippen molar-refractivity contribution in [3.63, 3.8) is 0 Å². The summed E-state index contributed by atoms with van der Waals surface area (Å²) < 4.78 is 3.48. The molecule has 1 aromatic carbocycles. The number of hydrogen-bond acceptors (Lipinski definition) is 3. The monoisotopic (exact) mass is 350 g/mol. The molecular formula is C21H26N4O. The number of aromatic nitrogens is 4. The summed E-state index contributed by atoms with van der Waals surface area (Å²) in [5.74, 6) is 1.01. The number of hydrogen-bond donors (Lipinski definition) is 0. The summed E-state index contributed by atoms with van der Waals surface area (Å²) in [5, 5.41) is 10.2. The van der Waals surface area contributed by atoms with Crippen LogP contribution in [0, 0.1) is 19.8 Å². The van der Waals surface area contributed by atoms with Gasteiger partial charge in [-0.3, -0.25) is 4.79 Å². The van der Waals surface area contributed by atoms with Crippen molar-refractivity contribution < 1.29 is 0 Å². The van der Waals surface area contributed by atoms with Gasteiger partial charge in [0.2, 0.25) is 0 Å². The predicted molar refractivity (Wildman–Crippen MR) is 104 cm³/mol. The number of aryl methyl sites for hydroxylation is 3. The normalized spacial score (nSPS) is 14.5. The lowest BCUT2D eigenvalue weighted by molar-refractivity contribution is 0.469. The van der Waals surface area contributed by atoms with Crippen LogP contribution in [0.1, 0.15) is 55.8 Å². The van der Waals surface area contributed by atoms with Crippen molar-refractivity contribution in [3.8, 4) is 5.69 Å². The van der Waals surface area contributed by atoms with Crippen molar-refractivity contribution in [1.82, 2.24) is 19.6 Å². The summed E-state index contributed by atoms with van der Waals surface area (Å²) in [6.07, 6.45) is 5.07. The fourth-order valence-corrected chi connectivity index (χ4v) is 3.51. The molecule has 0 unspecified atom stereocenters. The second-order valence-electron chi connectivity index (χ2n) is 7.98. The molecule has 0 bridgehead atoms. The predicted octanol–water partition coefficient (Wildman–Crippen LogP) is 4.12. The Labute approximate surface area is 153 Å². The van der Waals surface area contributed by atoms with E-state index in [-0.39, 0.29) is 5.56 Å². The third-order valence-electron chi connectivity index (χ3n) is 5.17. The Morgan fingerprint density at radius 2 is 2.00 bits per heavy atom. The number of benzene rings is 1. The van der Waals surface area contributed by atoms with Gasteiger partial charge in [0, 0.05) is 17.8 Å². The van der Waals surface area contributed by atoms with Crippen molar-refractivity contribution in [1.29, 1.82) is 0 Å². The first kappa shape index (κ1) is 17.0. The van der Waals surface area contributed by atoms with E-state index in [1.807, 2.05) is 16.9 Å². The Kier molecular flexibility index (Phi) is 4.17. The molecule has 3 aromatic rings. The van der Waals surface area contributed by atoms with Crippen LogP contribution >= 0.6 is 0 Å². The van der Waals surface area contributed by atoms with Gasteiger partial charge in [-0.2, -0.15) is 10.2 Å². The van der Waals surface area contributed by atoms with Gasteiger partial charge in [-0.15, -0.1) is 0 Å². The van der Waals surface area contributed by atoms with Crippen LogP contribution in [0.4, 0.5) is 0 Å². The molecule has 2 heterocycles. The molecule has 4 rings (SSSR count). The van der Waals surface area contributed by atoms with E-state index < -0.39 is 0 Å². The second-order valence-corrected chi connectivity index (χ2v) is 7.98. The first-order chi connectivity index (χ1) is 12.5. The van der Waals surface area contributed by atoms with Crippen molar-refractivity contribution >= 4 is 10.9 Å². The molecule has 0 spiro atoms. The van der Waals surface area contributed by atoms with Crippen LogP contribution in [0.5, 0.6) is 0 Å². The Balaban J connectivity index is 1.93. The molecule has 1 aliphatic carbocycles. The molecular weight excluding hydrogens is 324 g/mol. The first-order valence-corrected chi connectivity index (χ1v) is 9.52. The Morgan fingerprint density at radius 1 is 1.23 bits per heavy atom. The van der Waals surface area contributed by atoms with Crippen molar-refractivity contribution in [2.75, 3.05) is 0 Å². The molecule has 26 heavy (non-hydrogen) atoms. The van der Waals surface area contributed by atoms with E-state index in [1.165, 1.54) is 5.56 Å². The van der Waals surface area contributed by atoms with Gasteiger partial charge in [-0.25, -0.2) is 9.36 Å². The summed E-state index contributed by atoms with van der Waals surface area (Å²) >= 11 is 0. The van der Waals surface area contributed by atoms with Crippen LogP contribution in [0.25, 0.3) is 16.6 Å². The third-order valence-corrected chi connectivity index (χ3v) is 5.17. The zero-order valence-corrected chi connectivity index (χ0v) is 16.0. The zero-order valence-electron chi connectivity index (χ0n) is 16.0. The lowest BCUT2D eigenvalue weighted by Gasteiger charge is -2.12. The SMILES string of the molecule is Cc1ccc(-n2ncc3c(C4CC4)nn(CCC(C)C)c(=O)c32)c(C)c1. The highest BCUT2D eigenvalue weighted by Gasteiger charge is 2.30. The summed E-state index contributed by atoms with van der Waals surface area (Å²) in [7, 11) is 0. The fourth-order valence-electron chi connectivity index (χ4n) is 3.51. The average molecular weight is 350 g/mol. The van der Waals surface area contributed by atoms with Crippen LogP contribution in [-0.4, -0.2) is 19.6 Å². The molecule has 1 saturated carbocycles. The summed E-state index contributed by atoms with van der Waals surface area (Å²) in [6.45, 7) is 9.14. The standard InChI is InChI=1S/C21H26N4O/c1-13(2)9-10-24-21(26)20-17(19(23-24)16-6-7-16)12-22-25(20)18-8-5-14(3)11-15(18)4/h5,8,11-13,16H,6-7,9-10H2,1-4H3. The highest BCUT2D eigenvalue weighted by Crippen LogP contribution is 2.41. The Hall–Kier alpha value is -2.43. The van der Waals surface area contributed by atoms with E-state index in [2.05, 4.69) is 44.9 Å². The van der Waals surface area contributed by atoms with Crippen molar-refractivity contribution in [3.05, 3.63) is 51.6 Å². The minimum Gasteiger partial charge on any atom is -0.265 e. The molecule has 5 heteroatoms. The summed E-state index contributed by atoms with van der Waals surface area (Å²) in [5.41, 5.74) is 4.95. The molecule has 0 N–H and O–H groups in total. The van der Waals surface area contributed by atoms with Gasteiger partial charge in [-0.05, 0) is 50.7 Å². The highest BCUT2D eigenvalue weighted by molar-refractivity contribution is 5.82. The van der Waals surface area contributed by atoms with Crippen LogP contribution in [0.2, 0.25) is 0 Å². The largest absolute Gasteiger partial charge is 0.293 e. The minimum absolute atomic E-state index is 0.0393. The lowest BCUT2D eigenvalue weighted by Crippen LogP contribution is -2.26. The van der Waals surface area contributed by atoms with Gasteiger partial charge in [0.25, 0.3) is 5.56 Å². The third kappa shape index (κ3) is 2.96. The average Bonchev–Trinajstić information content (AvgIpc) is 3.33. The van der Waals surface area contributed by atoms with Gasteiger partial charge in [0.05, 0.1) is 17.6 Å². The van der Waals surface area contributed by atoms with Gasteiger partial charge in [0.15, 0.2) is 0 Å². The number of nitrogens with zero attached hydrogens (tertiary/aromatic N) is 4. The van der Waals surface area contributed by atoms with E-state index in [0.29, 0.717) is 23.9 Å². The van der Waals surface area contributed by atoms with Crippen LogP contribution in [-0.2, 0) is 6.54 Å². The number of fused-ring (bicyclic) bond motifs is 1. The molecule has 2 aromatic heterocycles. The topological polar surface area (TPSA) is 52.7 Å². The smallest absolute Gasteiger partial charge is 0.265 e. The van der Waals surface area contributed by atoms with Crippen LogP contribution < -0.4 is 5.56 Å². The van der Waals surface area contributed by atoms with Crippen molar-refractivity contribution in [2.24, 2.45) is 5.92 Å². The molecule has 0 aliphatic heterocycles. The maximum absolute atomic E-state index is 13.2. The molecule has 136 valence electrons. The van der Waals surface area contributed by atoms with E-state index in [0.717, 1.165) is 41.6 Å². The number of rotatable bonds is 5. The fraction of sp³-hybridized carbons (Fsp3) is 0.476. The Morgan fingerprint density at radius 3 is 2.65 bits per heavy atom. The molecule has 5 nitrogen and oxygen atoms in total. The first-order valence-electron chi connectivity index (χ1n) is 9.52. The van der Waals surface area contributed by atoms with Gasteiger partial charge in [-0.1, -0.05) is 31.5 Å². The molecule has 1 aliphatic rings. The second kappa shape index (κ2) is 6.38. The molecule has 0 saturated heterocycles. The summed E-state index contributed by atoms with van der Waals surface area (Å²) in [6, 6.07) is 6.24. The van der Waals surface area contributed by atoms with Gasteiger partial charge >= 0.3 is 0 Å². The minimum atomic E-state index is -0.0393. The van der Waals surface area contributed by atoms with Crippen LogP contribution in [0.15, 0.2) is 29.2 Å². The van der Waals surface area contributed by atoms with E-state index in [9.17, 15) is 4.79 Å². The molecule has 0 radical (unpaired) electrons. The van der Waals surface area contributed by atoms with Gasteiger partial charge < -0.3 is 0 Å². The molecule has 1 fully saturated rings. The molecule has 0 atom stereocenters. The maximum Gasteiger partial charge on any atom is 0.293 e. The summed E-state index contributed by atoms with van der Waals surface area (Å²) in [4.78, 5) is 13.2. The highest BCUT2D eigenvalue weighted by atomic mass is 16.1.